The molecule has 0 radical (unpaired) electrons. The third-order valence-corrected chi connectivity index (χ3v) is 5.00. The van der Waals surface area contributed by atoms with Crippen LogP contribution in [0, 0.1) is 19.8 Å². The van der Waals surface area contributed by atoms with Crippen LogP contribution in [0.2, 0.25) is 0 Å². The number of carbonyl (C=O) groups excluding carboxylic acids is 1. The maximum Gasteiger partial charge on any atom is 0.251 e. The summed E-state index contributed by atoms with van der Waals surface area (Å²) < 4.78 is 5.22. The van der Waals surface area contributed by atoms with E-state index >= 15 is 0 Å². The molecule has 2 N–H and O–H groups in total. The van der Waals surface area contributed by atoms with Gasteiger partial charge in [-0.3, -0.25) is 4.79 Å². The molecule has 4 heteroatoms. The third-order valence-electron chi connectivity index (χ3n) is 5.00. The Bertz CT molecular complexity index is 923. The zero-order valence-electron chi connectivity index (χ0n) is 16.0. The first-order valence-corrected chi connectivity index (χ1v) is 8.94. The molecule has 1 heterocycles. The predicted octanol–water partition coefficient (Wildman–Crippen LogP) is 4.92. The lowest BCUT2D eigenvalue weighted by Crippen LogP contribution is -2.31. The molecule has 1 aromatic heterocycles. The number of nitrogens with one attached hydrogen (secondary N) is 2. The van der Waals surface area contributed by atoms with Crippen molar-refractivity contribution in [3.63, 3.8) is 0 Å². The van der Waals surface area contributed by atoms with Gasteiger partial charge >= 0.3 is 0 Å². The van der Waals surface area contributed by atoms with E-state index in [1.54, 1.807) is 7.11 Å². The Balaban J connectivity index is 1.86. The van der Waals surface area contributed by atoms with E-state index in [1.807, 2.05) is 49.4 Å². The van der Waals surface area contributed by atoms with E-state index in [-0.39, 0.29) is 17.9 Å². The number of rotatable bonds is 5. The quantitative estimate of drug-likeness (QED) is 0.686. The van der Waals surface area contributed by atoms with Crippen LogP contribution in [-0.4, -0.2) is 18.0 Å². The second-order valence-electron chi connectivity index (χ2n) is 7.10. The average Bonchev–Trinajstić information content (AvgIpc) is 2.93. The van der Waals surface area contributed by atoms with Crippen molar-refractivity contribution in [2.75, 3.05) is 7.11 Å². The lowest BCUT2D eigenvalue weighted by molar-refractivity contribution is 0.0925. The molecule has 3 aromatic rings. The highest BCUT2D eigenvalue weighted by atomic mass is 16.5. The zero-order chi connectivity index (χ0) is 18.8. The summed E-state index contributed by atoms with van der Waals surface area (Å²) in [6.45, 7) is 8.34. The molecule has 0 saturated heterocycles. The summed E-state index contributed by atoms with van der Waals surface area (Å²) in [4.78, 5) is 16.2. The van der Waals surface area contributed by atoms with Crippen LogP contribution in [0.5, 0.6) is 5.75 Å². The minimum Gasteiger partial charge on any atom is -0.497 e. The normalized spacial score (nSPS) is 12.4. The van der Waals surface area contributed by atoms with Crippen molar-refractivity contribution in [1.82, 2.24) is 10.3 Å². The van der Waals surface area contributed by atoms with Gasteiger partial charge in [-0.2, -0.15) is 0 Å². The molecule has 1 atom stereocenters. The molecule has 136 valence electrons. The number of aryl methyl sites for hydroxylation is 2. The molecule has 0 spiro atoms. The summed E-state index contributed by atoms with van der Waals surface area (Å²) in [6, 6.07) is 13.6. The number of aromatic amines is 1. The Morgan fingerprint density at radius 3 is 2.38 bits per heavy atom. The molecule has 0 bridgehead atoms. The SMILES string of the molecule is COc1ccc(C(NC(=O)c2ccc3[nH]c(C)c(C)c3c2)C(C)C)cc1. The van der Waals surface area contributed by atoms with Gasteiger partial charge in [-0.1, -0.05) is 26.0 Å². The second kappa shape index (κ2) is 7.24. The molecule has 4 nitrogen and oxygen atoms in total. The van der Waals surface area contributed by atoms with E-state index in [2.05, 4.69) is 31.1 Å². The number of ether oxygens (including phenoxy) is 1. The van der Waals surface area contributed by atoms with Gasteiger partial charge in [0.1, 0.15) is 5.75 Å². The van der Waals surface area contributed by atoms with Gasteiger partial charge in [-0.15, -0.1) is 0 Å². The van der Waals surface area contributed by atoms with E-state index in [0.29, 0.717) is 5.56 Å². The Morgan fingerprint density at radius 1 is 1.08 bits per heavy atom. The lowest BCUT2D eigenvalue weighted by atomic mass is 9.95. The summed E-state index contributed by atoms with van der Waals surface area (Å²) in [7, 11) is 1.65. The van der Waals surface area contributed by atoms with Crippen LogP contribution < -0.4 is 10.1 Å². The third kappa shape index (κ3) is 3.45. The van der Waals surface area contributed by atoms with Crippen molar-refractivity contribution in [1.29, 1.82) is 0 Å². The molecule has 2 aromatic carbocycles. The van der Waals surface area contributed by atoms with Gasteiger partial charge < -0.3 is 15.0 Å². The predicted molar refractivity (Wildman–Crippen MR) is 106 cm³/mol. The number of benzene rings is 2. The topological polar surface area (TPSA) is 54.1 Å². The Labute approximate surface area is 154 Å². The number of H-pyrrole nitrogens is 1. The Morgan fingerprint density at radius 2 is 1.77 bits per heavy atom. The molecule has 0 aliphatic heterocycles. The van der Waals surface area contributed by atoms with E-state index < -0.39 is 0 Å². The first-order chi connectivity index (χ1) is 12.4. The minimum atomic E-state index is -0.0573. The fourth-order valence-electron chi connectivity index (χ4n) is 3.27. The maximum atomic E-state index is 12.9. The van der Waals surface area contributed by atoms with Gasteiger partial charge in [-0.05, 0) is 61.2 Å². The molecule has 3 rings (SSSR count). The van der Waals surface area contributed by atoms with Crippen LogP contribution >= 0.6 is 0 Å². The lowest BCUT2D eigenvalue weighted by Gasteiger charge is -2.23. The Hall–Kier alpha value is -2.75. The Kier molecular flexibility index (Phi) is 5.03. The summed E-state index contributed by atoms with van der Waals surface area (Å²) in [5.41, 5.74) is 5.14. The second-order valence-corrected chi connectivity index (χ2v) is 7.10. The summed E-state index contributed by atoms with van der Waals surface area (Å²) in [6.07, 6.45) is 0. The van der Waals surface area contributed by atoms with Crippen LogP contribution in [-0.2, 0) is 0 Å². The largest absolute Gasteiger partial charge is 0.497 e. The highest BCUT2D eigenvalue weighted by molar-refractivity contribution is 5.99. The molecule has 0 saturated carbocycles. The van der Waals surface area contributed by atoms with Crippen LogP contribution in [0.1, 0.15) is 47.1 Å². The maximum absolute atomic E-state index is 12.9. The number of amides is 1. The molecule has 0 aliphatic rings. The van der Waals surface area contributed by atoms with Gasteiger partial charge in [0.05, 0.1) is 13.2 Å². The fraction of sp³-hybridized carbons (Fsp3) is 0.318. The number of methoxy groups -OCH3 is 1. The molecule has 1 amide bonds. The number of fused-ring (bicyclic) bond motifs is 1. The standard InChI is InChI=1S/C22H26N2O2/c1-13(2)21(16-6-9-18(26-5)10-7-16)24-22(25)17-8-11-20-19(12-17)14(3)15(4)23-20/h6-13,21,23H,1-5H3,(H,24,25). The van der Waals surface area contributed by atoms with Crippen LogP contribution in [0.15, 0.2) is 42.5 Å². The summed E-state index contributed by atoms with van der Waals surface area (Å²) in [5.74, 6) is 1.03. The van der Waals surface area contributed by atoms with Crippen molar-refractivity contribution in [2.24, 2.45) is 5.92 Å². The van der Waals surface area contributed by atoms with E-state index in [4.69, 9.17) is 4.74 Å². The molecular weight excluding hydrogens is 324 g/mol. The molecule has 26 heavy (non-hydrogen) atoms. The van der Waals surface area contributed by atoms with Crippen LogP contribution in [0.25, 0.3) is 10.9 Å². The van der Waals surface area contributed by atoms with Gasteiger partial charge in [-0.25, -0.2) is 0 Å². The van der Waals surface area contributed by atoms with Crippen molar-refractivity contribution in [2.45, 2.75) is 33.7 Å². The van der Waals surface area contributed by atoms with Crippen molar-refractivity contribution in [3.8, 4) is 5.75 Å². The summed E-state index contributed by atoms with van der Waals surface area (Å²) in [5, 5.41) is 4.29. The summed E-state index contributed by atoms with van der Waals surface area (Å²) >= 11 is 0. The molecular formula is C22H26N2O2. The van der Waals surface area contributed by atoms with Gasteiger partial charge in [0.25, 0.3) is 5.91 Å². The smallest absolute Gasteiger partial charge is 0.251 e. The first kappa shape index (κ1) is 18.1. The number of hydrogen-bond acceptors (Lipinski definition) is 2. The van der Waals surface area contributed by atoms with Crippen LogP contribution in [0.4, 0.5) is 0 Å². The van der Waals surface area contributed by atoms with E-state index in [9.17, 15) is 4.79 Å². The average molecular weight is 350 g/mol. The number of hydrogen-bond donors (Lipinski definition) is 2. The number of carbonyl (C=O) groups is 1. The molecule has 0 fully saturated rings. The van der Waals surface area contributed by atoms with Crippen LogP contribution in [0.3, 0.4) is 0 Å². The monoisotopic (exact) mass is 350 g/mol. The first-order valence-electron chi connectivity index (χ1n) is 8.94. The zero-order valence-corrected chi connectivity index (χ0v) is 16.0. The minimum absolute atomic E-state index is 0.0559. The molecule has 1 unspecified atom stereocenters. The molecule has 0 aliphatic carbocycles. The van der Waals surface area contributed by atoms with Crippen molar-refractivity contribution in [3.05, 3.63) is 64.8 Å². The van der Waals surface area contributed by atoms with Gasteiger partial charge in [0, 0.05) is 22.2 Å². The number of aromatic nitrogens is 1. The fourth-order valence-corrected chi connectivity index (χ4v) is 3.27. The van der Waals surface area contributed by atoms with Gasteiger partial charge in [0.2, 0.25) is 0 Å². The van der Waals surface area contributed by atoms with Crippen molar-refractivity contribution >= 4 is 16.8 Å². The highest BCUT2D eigenvalue weighted by Gasteiger charge is 2.20. The highest BCUT2D eigenvalue weighted by Crippen LogP contribution is 2.26. The van der Waals surface area contributed by atoms with E-state index in [1.165, 1.54) is 5.56 Å². The van der Waals surface area contributed by atoms with Gasteiger partial charge in [0.15, 0.2) is 0 Å². The van der Waals surface area contributed by atoms with E-state index in [0.717, 1.165) is 27.9 Å². The van der Waals surface area contributed by atoms with Crippen molar-refractivity contribution < 1.29 is 9.53 Å².